The number of benzene rings is 1. The van der Waals surface area contributed by atoms with Crippen LogP contribution < -0.4 is 0 Å². The number of sulfonamides is 1. The van der Waals surface area contributed by atoms with Gasteiger partial charge in [0.25, 0.3) is 0 Å². The maximum absolute atomic E-state index is 13.0. The van der Waals surface area contributed by atoms with E-state index in [9.17, 15) is 12.8 Å². The molecule has 1 aliphatic rings. The highest BCUT2D eigenvalue weighted by Gasteiger charge is 2.28. The van der Waals surface area contributed by atoms with Crippen molar-refractivity contribution in [1.29, 1.82) is 0 Å². The maximum Gasteiger partial charge on any atom is 0.243 e. The smallest absolute Gasteiger partial charge is 0.243 e. The van der Waals surface area contributed by atoms with E-state index in [4.69, 9.17) is 0 Å². The van der Waals surface area contributed by atoms with Gasteiger partial charge in [0.15, 0.2) is 0 Å². The number of hydrogen-bond acceptors (Lipinski definition) is 4. The van der Waals surface area contributed by atoms with Gasteiger partial charge in [-0.3, -0.25) is 9.88 Å². The Morgan fingerprint density at radius 1 is 0.957 bits per heavy atom. The van der Waals surface area contributed by atoms with Crippen LogP contribution in [0.3, 0.4) is 0 Å². The number of halogens is 1. The zero-order valence-electron chi connectivity index (χ0n) is 12.6. The highest BCUT2D eigenvalue weighted by molar-refractivity contribution is 7.89. The fraction of sp³-hybridized carbons (Fsp3) is 0.312. The van der Waals surface area contributed by atoms with Crippen molar-refractivity contribution in [1.82, 2.24) is 14.2 Å². The molecule has 0 bridgehead atoms. The zero-order valence-corrected chi connectivity index (χ0v) is 13.4. The van der Waals surface area contributed by atoms with Gasteiger partial charge in [0.05, 0.1) is 4.90 Å². The number of nitrogens with zero attached hydrogens (tertiary/aromatic N) is 3. The highest BCUT2D eigenvalue weighted by atomic mass is 32.2. The standard InChI is InChI=1S/C16H18FN3O2S/c17-15-1-3-16(4-2-15)23(21,22)20-11-9-19(10-12-20)13-14-5-7-18-8-6-14/h1-8H,9-13H2. The topological polar surface area (TPSA) is 53.5 Å². The fourth-order valence-electron chi connectivity index (χ4n) is 2.63. The monoisotopic (exact) mass is 335 g/mol. The molecule has 1 saturated heterocycles. The molecule has 1 fully saturated rings. The third-order valence-electron chi connectivity index (χ3n) is 3.94. The molecule has 1 aromatic heterocycles. The summed E-state index contributed by atoms with van der Waals surface area (Å²) in [4.78, 5) is 6.34. The van der Waals surface area contributed by atoms with Crippen LogP contribution in [-0.2, 0) is 16.6 Å². The number of aromatic nitrogens is 1. The normalized spacial score (nSPS) is 17.3. The summed E-state index contributed by atoms with van der Waals surface area (Å²) in [5.74, 6) is -0.439. The lowest BCUT2D eigenvalue weighted by Gasteiger charge is -2.34. The third-order valence-corrected chi connectivity index (χ3v) is 5.85. The Balaban J connectivity index is 1.63. The summed E-state index contributed by atoms with van der Waals surface area (Å²) in [6.45, 7) is 2.99. The first-order chi connectivity index (χ1) is 11.1. The van der Waals surface area contributed by atoms with Crippen molar-refractivity contribution in [3.8, 4) is 0 Å². The highest BCUT2D eigenvalue weighted by Crippen LogP contribution is 2.18. The third kappa shape index (κ3) is 3.74. The largest absolute Gasteiger partial charge is 0.296 e. The number of pyridine rings is 1. The van der Waals surface area contributed by atoms with Crippen molar-refractivity contribution in [3.05, 3.63) is 60.2 Å². The summed E-state index contributed by atoms with van der Waals surface area (Å²) >= 11 is 0. The Bertz CT molecular complexity index is 743. The van der Waals surface area contributed by atoms with Crippen molar-refractivity contribution >= 4 is 10.0 Å². The van der Waals surface area contributed by atoms with E-state index in [1.54, 1.807) is 12.4 Å². The summed E-state index contributed by atoms with van der Waals surface area (Å²) in [5.41, 5.74) is 1.16. The van der Waals surface area contributed by atoms with Gasteiger partial charge in [0.2, 0.25) is 10.0 Å². The Hall–Kier alpha value is -1.83. The summed E-state index contributed by atoms with van der Waals surface area (Å²) in [7, 11) is -3.55. The molecule has 23 heavy (non-hydrogen) atoms. The van der Waals surface area contributed by atoms with Crippen molar-refractivity contribution in [2.75, 3.05) is 26.2 Å². The van der Waals surface area contributed by atoms with Gasteiger partial charge in [0, 0.05) is 45.1 Å². The number of piperazine rings is 1. The minimum absolute atomic E-state index is 0.140. The van der Waals surface area contributed by atoms with Crippen LogP contribution in [0.2, 0.25) is 0 Å². The van der Waals surface area contributed by atoms with Crippen LogP contribution in [0.4, 0.5) is 4.39 Å². The van der Waals surface area contributed by atoms with Crippen LogP contribution >= 0.6 is 0 Å². The van der Waals surface area contributed by atoms with Gasteiger partial charge in [-0.05, 0) is 42.0 Å². The van der Waals surface area contributed by atoms with E-state index in [1.807, 2.05) is 12.1 Å². The Kier molecular flexibility index (Phi) is 4.70. The van der Waals surface area contributed by atoms with E-state index in [0.29, 0.717) is 26.2 Å². The SMILES string of the molecule is O=S(=O)(c1ccc(F)cc1)N1CCN(Cc2ccncc2)CC1. The lowest BCUT2D eigenvalue weighted by atomic mass is 10.2. The van der Waals surface area contributed by atoms with Gasteiger partial charge in [0.1, 0.15) is 5.82 Å². The van der Waals surface area contributed by atoms with Gasteiger partial charge < -0.3 is 0 Å². The molecule has 7 heteroatoms. The molecule has 0 amide bonds. The van der Waals surface area contributed by atoms with Crippen LogP contribution in [0.15, 0.2) is 53.7 Å². The van der Waals surface area contributed by atoms with Gasteiger partial charge in [-0.15, -0.1) is 0 Å². The Labute approximate surface area is 135 Å². The average molecular weight is 335 g/mol. The number of rotatable bonds is 4. The van der Waals surface area contributed by atoms with Gasteiger partial charge in [-0.2, -0.15) is 4.31 Å². The Morgan fingerprint density at radius 2 is 1.57 bits per heavy atom. The molecule has 0 spiro atoms. The second-order valence-corrected chi connectivity index (χ2v) is 7.43. The van der Waals surface area contributed by atoms with Crippen molar-refractivity contribution < 1.29 is 12.8 Å². The maximum atomic E-state index is 13.0. The summed E-state index contributed by atoms with van der Waals surface area (Å²) < 4.78 is 39.5. The first-order valence-electron chi connectivity index (χ1n) is 7.43. The van der Waals surface area contributed by atoms with Gasteiger partial charge >= 0.3 is 0 Å². The molecule has 1 aromatic carbocycles. The molecule has 0 atom stereocenters. The molecule has 2 heterocycles. The predicted molar refractivity (Wildman–Crippen MR) is 84.7 cm³/mol. The fourth-order valence-corrected chi connectivity index (χ4v) is 4.05. The number of hydrogen-bond donors (Lipinski definition) is 0. The van der Waals surface area contributed by atoms with Crippen LogP contribution in [0.25, 0.3) is 0 Å². The second-order valence-electron chi connectivity index (χ2n) is 5.49. The quantitative estimate of drug-likeness (QED) is 0.854. The van der Waals surface area contributed by atoms with E-state index in [0.717, 1.165) is 12.1 Å². The Morgan fingerprint density at radius 3 is 2.17 bits per heavy atom. The van der Waals surface area contributed by atoms with E-state index in [-0.39, 0.29) is 4.90 Å². The molecule has 0 radical (unpaired) electrons. The lowest BCUT2D eigenvalue weighted by molar-refractivity contribution is 0.181. The van der Waals surface area contributed by atoms with Crippen LogP contribution in [0.1, 0.15) is 5.56 Å². The first kappa shape index (κ1) is 16.0. The summed E-state index contributed by atoms with van der Waals surface area (Å²) in [6.07, 6.45) is 3.51. The minimum Gasteiger partial charge on any atom is -0.296 e. The molecule has 5 nitrogen and oxygen atoms in total. The first-order valence-corrected chi connectivity index (χ1v) is 8.87. The van der Waals surface area contributed by atoms with Crippen LogP contribution in [0.5, 0.6) is 0 Å². The average Bonchev–Trinajstić information content (AvgIpc) is 2.57. The second kappa shape index (κ2) is 6.74. The molecule has 2 aromatic rings. The zero-order chi connectivity index (χ0) is 16.3. The molecule has 3 rings (SSSR count). The van der Waals surface area contributed by atoms with Crippen molar-refractivity contribution in [3.63, 3.8) is 0 Å². The lowest BCUT2D eigenvalue weighted by Crippen LogP contribution is -2.48. The van der Waals surface area contributed by atoms with E-state index in [2.05, 4.69) is 9.88 Å². The van der Waals surface area contributed by atoms with E-state index >= 15 is 0 Å². The van der Waals surface area contributed by atoms with E-state index in [1.165, 1.54) is 28.6 Å². The molecule has 0 unspecified atom stereocenters. The minimum atomic E-state index is -3.55. The van der Waals surface area contributed by atoms with E-state index < -0.39 is 15.8 Å². The van der Waals surface area contributed by atoms with Crippen molar-refractivity contribution in [2.45, 2.75) is 11.4 Å². The molecule has 0 N–H and O–H groups in total. The molecular weight excluding hydrogens is 317 g/mol. The summed E-state index contributed by atoms with van der Waals surface area (Å²) in [6, 6.07) is 8.89. The molecular formula is C16H18FN3O2S. The molecule has 122 valence electrons. The van der Waals surface area contributed by atoms with Crippen molar-refractivity contribution in [2.24, 2.45) is 0 Å². The predicted octanol–water partition coefficient (Wildman–Crippen LogP) is 1.73. The summed E-state index contributed by atoms with van der Waals surface area (Å²) in [5, 5.41) is 0. The molecule has 0 saturated carbocycles. The van der Waals surface area contributed by atoms with Crippen LogP contribution in [-0.4, -0.2) is 48.8 Å². The molecule has 1 aliphatic heterocycles. The van der Waals surface area contributed by atoms with Gasteiger partial charge in [-0.25, -0.2) is 12.8 Å². The van der Waals surface area contributed by atoms with Crippen LogP contribution in [0, 0.1) is 5.82 Å². The van der Waals surface area contributed by atoms with Gasteiger partial charge in [-0.1, -0.05) is 0 Å². The molecule has 0 aliphatic carbocycles.